The fourth-order valence-electron chi connectivity index (χ4n) is 1.85. The average Bonchev–Trinajstić information content (AvgIpc) is 2.51. The molecule has 0 aliphatic carbocycles. The third kappa shape index (κ3) is 3.04. The van der Waals surface area contributed by atoms with E-state index in [1.165, 1.54) is 12.4 Å². The van der Waals surface area contributed by atoms with Crippen LogP contribution in [0.2, 0.25) is 5.15 Å². The second-order valence-electron chi connectivity index (χ2n) is 4.05. The molecule has 0 spiro atoms. The van der Waals surface area contributed by atoms with E-state index in [0.717, 1.165) is 4.68 Å². The summed E-state index contributed by atoms with van der Waals surface area (Å²) >= 11 is 5.73. The van der Waals surface area contributed by atoms with Crippen molar-refractivity contribution in [1.82, 2.24) is 19.7 Å². The number of rotatable bonds is 2. The zero-order chi connectivity index (χ0) is 14.2. The molecule has 0 unspecified atom stereocenters. The predicted octanol–water partition coefficient (Wildman–Crippen LogP) is 3.17. The average molecular weight is 291 g/mol. The first-order valence-corrected chi connectivity index (χ1v) is 5.74. The van der Waals surface area contributed by atoms with Gasteiger partial charge in [0.05, 0.1) is 23.8 Å². The highest BCUT2D eigenvalue weighted by Crippen LogP contribution is 2.27. The second kappa shape index (κ2) is 4.80. The summed E-state index contributed by atoms with van der Waals surface area (Å²) in [4.78, 5) is 7.92. The van der Waals surface area contributed by atoms with Crippen molar-refractivity contribution in [2.24, 2.45) is 0 Å². The van der Waals surface area contributed by atoms with Gasteiger partial charge < -0.3 is 0 Å². The van der Waals surface area contributed by atoms with Crippen molar-refractivity contribution in [3.8, 4) is 11.3 Å². The SMILES string of the molecule is Cc1nn(CC(F)(F)F)c(C)c1-c1cncc(Cl)n1. The largest absolute Gasteiger partial charge is 0.408 e. The zero-order valence-corrected chi connectivity index (χ0v) is 10.9. The van der Waals surface area contributed by atoms with Crippen LogP contribution in [0.15, 0.2) is 12.4 Å². The number of aromatic nitrogens is 4. The molecule has 0 atom stereocenters. The Kier molecular flexibility index (Phi) is 3.49. The van der Waals surface area contributed by atoms with Gasteiger partial charge in [-0.2, -0.15) is 18.3 Å². The third-order valence-corrected chi connectivity index (χ3v) is 2.75. The first-order valence-electron chi connectivity index (χ1n) is 5.36. The number of nitrogens with zero attached hydrogens (tertiary/aromatic N) is 4. The lowest BCUT2D eigenvalue weighted by atomic mass is 10.1. The van der Waals surface area contributed by atoms with Crippen molar-refractivity contribution >= 4 is 11.6 Å². The molecule has 0 saturated carbocycles. The van der Waals surface area contributed by atoms with E-state index in [2.05, 4.69) is 15.1 Å². The molecule has 2 rings (SSSR count). The lowest BCUT2D eigenvalue weighted by molar-refractivity contribution is -0.142. The van der Waals surface area contributed by atoms with Gasteiger partial charge in [0.25, 0.3) is 0 Å². The molecular weight excluding hydrogens is 281 g/mol. The maximum Gasteiger partial charge on any atom is 0.408 e. The highest BCUT2D eigenvalue weighted by molar-refractivity contribution is 6.29. The Morgan fingerprint density at radius 2 is 1.95 bits per heavy atom. The fourth-order valence-corrected chi connectivity index (χ4v) is 2.00. The summed E-state index contributed by atoms with van der Waals surface area (Å²) in [5.41, 5.74) is 1.78. The van der Waals surface area contributed by atoms with Crippen LogP contribution in [0.5, 0.6) is 0 Å². The summed E-state index contributed by atoms with van der Waals surface area (Å²) < 4.78 is 38.2. The van der Waals surface area contributed by atoms with Gasteiger partial charge in [0, 0.05) is 11.3 Å². The molecule has 0 aliphatic heterocycles. The minimum absolute atomic E-state index is 0.180. The van der Waals surface area contributed by atoms with Gasteiger partial charge >= 0.3 is 6.18 Å². The molecule has 0 saturated heterocycles. The van der Waals surface area contributed by atoms with E-state index in [1.54, 1.807) is 13.8 Å². The molecule has 0 bridgehead atoms. The topological polar surface area (TPSA) is 43.6 Å². The first-order chi connectivity index (χ1) is 8.78. The van der Waals surface area contributed by atoms with Crippen LogP contribution in [0, 0.1) is 13.8 Å². The Morgan fingerprint density at radius 3 is 2.53 bits per heavy atom. The summed E-state index contributed by atoms with van der Waals surface area (Å²) in [7, 11) is 0. The maximum atomic E-state index is 12.4. The molecule has 0 amide bonds. The van der Waals surface area contributed by atoms with Gasteiger partial charge in [0.2, 0.25) is 0 Å². The van der Waals surface area contributed by atoms with Crippen LogP contribution in [0.1, 0.15) is 11.4 Å². The van der Waals surface area contributed by atoms with E-state index in [9.17, 15) is 13.2 Å². The molecule has 2 aromatic rings. The smallest absolute Gasteiger partial charge is 0.260 e. The Bertz CT molecular complexity index is 606. The number of alkyl halides is 3. The van der Waals surface area contributed by atoms with Crippen molar-refractivity contribution in [3.63, 3.8) is 0 Å². The van der Waals surface area contributed by atoms with Gasteiger partial charge in [-0.25, -0.2) is 4.98 Å². The molecule has 0 aliphatic rings. The van der Waals surface area contributed by atoms with Crippen LogP contribution < -0.4 is 0 Å². The summed E-state index contributed by atoms with van der Waals surface area (Å²) in [5, 5.41) is 4.07. The second-order valence-corrected chi connectivity index (χ2v) is 4.43. The molecule has 102 valence electrons. The molecule has 4 nitrogen and oxygen atoms in total. The van der Waals surface area contributed by atoms with Gasteiger partial charge in [0.1, 0.15) is 11.7 Å². The van der Waals surface area contributed by atoms with Gasteiger partial charge in [-0.1, -0.05) is 11.6 Å². The minimum Gasteiger partial charge on any atom is -0.260 e. The lowest BCUT2D eigenvalue weighted by Gasteiger charge is -2.08. The molecule has 0 fully saturated rings. The van der Waals surface area contributed by atoms with Crippen LogP contribution in [0.3, 0.4) is 0 Å². The monoisotopic (exact) mass is 290 g/mol. The van der Waals surface area contributed by atoms with Crippen molar-refractivity contribution in [2.45, 2.75) is 26.6 Å². The van der Waals surface area contributed by atoms with E-state index in [4.69, 9.17) is 11.6 Å². The first kappa shape index (κ1) is 13.8. The Labute approximate surface area is 112 Å². The van der Waals surface area contributed by atoms with Crippen LogP contribution in [-0.2, 0) is 6.54 Å². The Balaban J connectivity index is 2.48. The summed E-state index contributed by atoms with van der Waals surface area (Å²) in [5.74, 6) is 0. The molecule has 8 heteroatoms. The molecular formula is C11H10ClF3N4. The van der Waals surface area contributed by atoms with E-state index in [-0.39, 0.29) is 5.15 Å². The number of hydrogen-bond acceptors (Lipinski definition) is 3. The van der Waals surface area contributed by atoms with E-state index in [1.807, 2.05) is 0 Å². The number of aryl methyl sites for hydroxylation is 1. The standard InChI is InChI=1S/C11H10ClF3N4/c1-6-10(8-3-16-4-9(12)17-8)7(2)19(18-6)5-11(13,14)15/h3-4H,5H2,1-2H3. The quantitative estimate of drug-likeness (QED) is 0.853. The van der Waals surface area contributed by atoms with Gasteiger partial charge in [0.15, 0.2) is 0 Å². The maximum absolute atomic E-state index is 12.4. The van der Waals surface area contributed by atoms with Crippen LogP contribution in [0.4, 0.5) is 13.2 Å². The molecule has 2 aromatic heterocycles. The third-order valence-electron chi connectivity index (χ3n) is 2.57. The fraction of sp³-hybridized carbons (Fsp3) is 0.364. The summed E-state index contributed by atoms with van der Waals surface area (Å²) in [6.45, 7) is 2.05. The van der Waals surface area contributed by atoms with Crippen LogP contribution >= 0.6 is 11.6 Å². The van der Waals surface area contributed by atoms with Crippen molar-refractivity contribution in [1.29, 1.82) is 0 Å². The molecule has 0 aromatic carbocycles. The summed E-state index contributed by atoms with van der Waals surface area (Å²) in [6, 6.07) is 0. The number of halogens is 4. The van der Waals surface area contributed by atoms with Crippen LogP contribution in [0.25, 0.3) is 11.3 Å². The zero-order valence-electron chi connectivity index (χ0n) is 10.2. The van der Waals surface area contributed by atoms with Crippen molar-refractivity contribution in [3.05, 3.63) is 28.9 Å². The predicted molar refractivity (Wildman–Crippen MR) is 63.8 cm³/mol. The minimum atomic E-state index is -4.32. The highest BCUT2D eigenvalue weighted by Gasteiger charge is 2.30. The van der Waals surface area contributed by atoms with Gasteiger partial charge in [-0.3, -0.25) is 9.67 Å². The van der Waals surface area contributed by atoms with E-state index >= 15 is 0 Å². The van der Waals surface area contributed by atoms with Gasteiger partial charge in [-0.05, 0) is 13.8 Å². The molecule has 2 heterocycles. The van der Waals surface area contributed by atoms with Crippen LogP contribution in [-0.4, -0.2) is 25.9 Å². The van der Waals surface area contributed by atoms with E-state index in [0.29, 0.717) is 22.6 Å². The molecule has 19 heavy (non-hydrogen) atoms. The normalized spacial score (nSPS) is 11.9. The summed E-state index contributed by atoms with van der Waals surface area (Å²) in [6.07, 6.45) is -1.52. The molecule has 0 N–H and O–H groups in total. The Morgan fingerprint density at radius 1 is 1.26 bits per heavy atom. The van der Waals surface area contributed by atoms with Crippen molar-refractivity contribution in [2.75, 3.05) is 0 Å². The highest BCUT2D eigenvalue weighted by atomic mass is 35.5. The lowest BCUT2D eigenvalue weighted by Crippen LogP contribution is -2.19. The Hall–Kier alpha value is -1.63. The van der Waals surface area contributed by atoms with Gasteiger partial charge in [-0.15, -0.1) is 0 Å². The van der Waals surface area contributed by atoms with E-state index < -0.39 is 12.7 Å². The molecule has 0 radical (unpaired) electrons. The van der Waals surface area contributed by atoms with Crippen molar-refractivity contribution < 1.29 is 13.2 Å². The number of hydrogen-bond donors (Lipinski definition) is 0.